The number of rotatable bonds is 4. The van der Waals surface area contributed by atoms with E-state index < -0.39 is 5.92 Å². The van der Waals surface area contributed by atoms with Crippen molar-refractivity contribution in [2.24, 2.45) is 33.9 Å². The van der Waals surface area contributed by atoms with Crippen molar-refractivity contribution in [1.29, 1.82) is 0 Å². The second-order valence-electron chi connectivity index (χ2n) is 14.6. The molecule has 1 aromatic heterocycles. The maximum absolute atomic E-state index is 12.9. The largest absolute Gasteiger partial charge is 0.465 e. The van der Waals surface area contributed by atoms with E-state index in [9.17, 15) is 14.4 Å². The second kappa shape index (κ2) is 13.3. The smallest absolute Gasteiger partial charge is 0.316 e. The Morgan fingerprint density at radius 1 is 0.936 bits per heavy atom. The van der Waals surface area contributed by atoms with Gasteiger partial charge in [-0.1, -0.05) is 89.0 Å². The van der Waals surface area contributed by atoms with Crippen LogP contribution < -0.4 is 16.8 Å². The molecule has 4 aliphatic carbocycles. The third-order valence-electron chi connectivity index (χ3n) is 12.2. The molecule has 0 radical (unpaired) electrons. The van der Waals surface area contributed by atoms with Gasteiger partial charge < -0.3 is 10.2 Å². The zero-order valence-corrected chi connectivity index (χ0v) is 30.5. The van der Waals surface area contributed by atoms with Crippen LogP contribution in [0.2, 0.25) is 10.0 Å². The zero-order chi connectivity index (χ0) is 33.8. The lowest BCUT2D eigenvalue weighted by molar-refractivity contribution is -0.154. The Morgan fingerprint density at radius 3 is 2.04 bits per heavy atom. The molecule has 11 heteroatoms. The van der Waals surface area contributed by atoms with E-state index >= 15 is 0 Å². The summed E-state index contributed by atoms with van der Waals surface area (Å²) >= 11 is 11.9. The third-order valence-corrected chi connectivity index (χ3v) is 12.9. The van der Waals surface area contributed by atoms with Gasteiger partial charge in [-0.2, -0.15) is 0 Å². The summed E-state index contributed by atoms with van der Waals surface area (Å²) < 4.78 is 6.65. The molecule has 1 heterocycles. The van der Waals surface area contributed by atoms with Crippen molar-refractivity contribution in [3.05, 3.63) is 80.2 Å². The van der Waals surface area contributed by atoms with Crippen molar-refractivity contribution in [2.75, 3.05) is 12.0 Å². The number of anilines is 1. The average Bonchev–Trinajstić information content (AvgIpc) is 3.65. The van der Waals surface area contributed by atoms with E-state index in [4.69, 9.17) is 33.8 Å². The van der Waals surface area contributed by atoms with Crippen LogP contribution in [0.3, 0.4) is 0 Å². The van der Waals surface area contributed by atoms with Crippen molar-refractivity contribution in [3.8, 4) is 5.69 Å². The summed E-state index contributed by atoms with van der Waals surface area (Å²) in [5, 5.41) is 4.60. The van der Waals surface area contributed by atoms with Crippen LogP contribution in [-0.2, 0) is 19.7 Å². The summed E-state index contributed by atoms with van der Waals surface area (Å²) in [4.78, 5) is 37.1. The Balaban J connectivity index is 0.000000171. The number of aromatic amines is 1. The molecule has 0 saturated heterocycles. The molecule has 2 aromatic carbocycles. The molecule has 0 aliphatic heterocycles. The monoisotopic (exact) mass is 704 g/mol. The maximum Gasteiger partial charge on any atom is 0.316 e. The first-order valence-electron chi connectivity index (χ1n) is 16.1. The molecule has 47 heavy (non-hydrogen) atoms. The minimum absolute atomic E-state index is 0. The number of H-pyrrole nitrogens is 1. The first-order chi connectivity index (χ1) is 21.6. The number of aromatic nitrogens is 2. The molecule has 0 spiro atoms. The number of ketones is 1. The first-order valence-corrected chi connectivity index (χ1v) is 16.9. The van der Waals surface area contributed by atoms with Gasteiger partial charge in [0.15, 0.2) is 5.78 Å². The number of hydrazine groups is 1. The molecular formula is C36H47Cl3N4O4. The topological polar surface area (TPSA) is 119 Å². The van der Waals surface area contributed by atoms with E-state index in [-0.39, 0.29) is 57.3 Å². The lowest BCUT2D eigenvalue weighted by atomic mass is 9.70. The van der Waals surface area contributed by atoms with Crippen LogP contribution in [0.1, 0.15) is 91.3 Å². The van der Waals surface area contributed by atoms with E-state index in [2.05, 4.69) is 45.1 Å². The maximum atomic E-state index is 12.9. The number of fused-ring (bicyclic) bond motifs is 7. The lowest BCUT2D eigenvalue weighted by Gasteiger charge is -2.34. The van der Waals surface area contributed by atoms with Gasteiger partial charge in [0, 0.05) is 22.1 Å². The van der Waals surface area contributed by atoms with E-state index in [1.165, 1.54) is 0 Å². The fourth-order valence-electron chi connectivity index (χ4n) is 8.62. The second-order valence-corrected chi connectivity index (χ2v) is 15.4. The van der Waals surface area contributed by atoms with Gasteiger partial charge in [0.2, 0.25) is 0 Å². The highest BCUT2D eigenvalue weighted by atomic mass is 35.5. The van der Waals surface area contributed by atoms with Crippen LogP contribution in [0, 0.1) is 28.1 Å². The number of nitrogen functional groups attached to an aromatic ring is 1. The molecule has 256 valence electrons. The number of esters is 1. The summed E-state index contributed by atoms with van der Waals surface area (Å²) in [6, 6.07) is 14.8. The van der Waals surface area contributed by atoms with E-state index in [1.807, 2.05) is 49.4 Å². The number of benzene rings is 2. The van der Waals surface area contributed by atoms with Gasteiger partial charge in [-0.3, -0.25) is 25.3 Å². The average molecular weight is 706 g/mol. The number of carbonyl (C=O) groups is 2. The van der Waals surface area contributed by atoms with Crippen LogP contribution >= 0.6 is 35.6 Å². The Labute approximate surface area is 293 Å². The fraction of sp³-hybridized carbons (Fsp3) is 0.528. The number of nitrogens with two attached hydrogens (primary N) is 1. The number of para-hydroxylation sites is 2. The number of carbonyl (C=O) groups excluding carboxylic acids is 2. The number of hydrogen-bond acceptors (Lipinski definition) is 6. The Morgan fingerprint density at radius 2 is 1.53 bits per heavy atom. The van der Waals surface area contributed by atoms with Gasteiger partial charge >= 0.3 is 5.97 Å². The van der Waals surface area contributed by atoms with E-state index in [1.54, 1.807) is 17.7 Å². The molecule has 3 fully saturated rings. The minimum atomic E-state index is -0.506. The van der Waals surface area contributed by atoms with Crippen molar-refractivity contribution in [2.45, 2.75) is 85.5 Å². The molecule has 4 aliphatic rings. The molecule has 4 N–H and O–H groups in total. The van der Waals surface area contributed by atoms with Crippen molar-refractivity contribution < 1.29 is 14.3 Å². The predicted octanol–water partition coefficient (Wildman–Crippen LogP) is 8.23. The Hall–Kier alpha value is -2.78. The number of hydrogen-bond donors (Lipinski definition) is 3. The SMILES string of the molecule is CC1(C)[C@@H]2CC[C@@]1(C)c1[nH]n(-c3ccccc3Cl)c(=O)c12.CCOC(=O)C1C(=O)[C@]2(C)CC[C@H]1C2(C)C.Cl.NNc1ccccc1Cl. The van der Waals surface area contributed by atoms with E-state index in [0.717, 1.165) is 48.3 Å². The summed E-state index contributed by atoms with van der Waals surface area (Å²) in [6.07, 6.45) is 4.13. The van der Waals surface area contributed by atoms with Gasteiger partial charge in [-0.15, -0.1) is 12.4 Å². The van der Waals surface area contributed by atoms with Crippen LogP contribution in [0.25, 0.3) is 5.69 Å². The van der Waals surface area contributed by atoms with Gasteiger partial charge in [-0.05, 0) is 79.5 Å². The number of ether oxygens (including phenoxy) is 1. The number of Topliss-reactive ketones (excluding diaryl/α,β-unsaturated/α-hetero) is 1. The fourth-order valence-corrected chi connectivity index (χ4v) is 9.03. The first kappa shape index (κ1) is 37.0. The molecule has 8 nitrogen and oxygen atoms in total. The normalized spacial score (nSPS) is 28.3. The van der Waals surface area contributed by atoms with Gasteiger partial charge in [-0.25, -0.2) is 4.68 Å². The van der Waals surface area contributed by atoms with Crippen molar-refractivity contribution in [1.82, 2.24) is 9.78 Å². The number of nitrogens with zero attached hydrogens (tertiary/aromatic N) is 1. The molecule has 4 bridgehead atoms. The molecule has 0 amide bonds. The third kappa shape index (κ3) is 5.63. The number of halogens is 3. The van der Waals surface area contributed by atoms with Crippen LogP contribution in [-0.4, -0.2) is 28.1 Å². The minimum Gasteiger partial charge on any atom is -0.465 e. The molecule has 3 aromatic rings. The summed E-state index contributed by atoms with van der Waals surface area (Å²) in [5.74, 6) is 4.93. The molecule has 5 atom stereocenters. The molecular weight excluding hydrogens is 659 g/mol. The van der Waals surface area contributed by atoms with Crippen LogP contribution in [0.5, 0.6) is 0 Å². The highest BCUT2D eigenvalue weighted by Gasteiger charge is 2.68. The summed E-state index contributed by atoms with van der Waals surface area (Å²) in [6.45, 7) is 15.2. The molecule has 7 rings (SSSR count). The lowest BCUT2D eigenvalue weighted by Crippen LogP contribution is -2.36. The summed E-state index contributed by atoms with van der Waals surface area (Å²) in [7, 11) is 0. The predicted molar refractivity (Wildman–Crippen MR) is 191 cm³/mol. The number of nitrogens with one attached hydrogen (secondary N) is 2. The highest BCUT2D eigenvalue weighted by Crippen LogP contribution is 2.67. The molecule has 1 unspecified atom stereocenters. The quantitative estimate of drug-likeness (QED) is 0.109. The van der Waals surface area contributed by atoms with Gasteiger partial charge in [0.05, 0.1) is 28.0 Å². The van der Waals surface area contributed by atoms with E-state index in [0.29, 0.717) is 22.6 Å². The Kier molecular flexibility index (Phi) is 10.5. The zero-order valence-electron chi connectivity index (χ0n) is 28.2. The highest BCUT2D eigenvalue weighted by molar-refractivity contribution is 6.33. The van der Waals surface area contributed by atoms with Crippen molar-refractivity contribution in [3.63, 3.8) is 0 Å². The van der Waals surface area contributed by atoms with Crippen molar-refractivity contribution >= 4 is 53.0 Å². The summed E-state index contributed by atoms with van der Waals surface area (Å²) in [5.41, 5.74) is 5.92. The van der Waals surface area contributed by atoms with Crippen LogP contribution in [0.15, 0.2) is 53.3 Å². The Bertz CT molecular complexity index is 1720. The van der Waals surface area contributed by atoms with Gasteiger partial charge in [0.1, 0.15) is 5.92 Å². The standard InChI is InChI=1S/C17H19ClN2O.C13H20O3.C6H7ClN2.ClH/c1-16(2)10-8-9-17(16,3)14-13(10)15(21)20(19-14)12-7-5-4-6-11(12)18;1-5-16-11(15)9-8-6-7-13(4,10(9)14)12(8,2)3;7-5-3-1-2-4-6(5)9-8;/h4-7,10,19H,8-9H2,1-3H3;8-9H,5-7H2,1-4H3;1-4,9H,8H2;1H/t10-,17+;8-,9?,13+;;/m11../s1. The molecule has 3 saturated carbocycles. The van der Waals surface area contributed by atoms with Crippen LogP contribution in [0.4, 0.5) is 5.69 Å². The van der Waals surface area contributed by atoms with Gasteiger partial charge in [0.25, 0.3) is 5.56 Å².